The fourth-order valence-corrected chi connectivity index (χ4v) is 6.32. The van der Waals surface area contributed by atoms with Crippen molar-refractivity contribution in [2.45, 2.75) is 75.8 Å². The number of benzene rings is 6. The summed E-state index contributed by atoms with van der Waals surface area (Å²) in [5.41, 5.74) is -0.109. The van der Waals surface area contributed by atoms with Gasteiger partial charge in [-0.1, -0.05) is 185 Å². The molecule has 101 heavy (non-hydrogen) atoms. The Morgan fingerprint density at radius 1 is 0.416 bits per heavy atom. The third-order valence-corrected chi connectivity index (χ3v) is 10.7. The van der Waals surface area contributed by atoms with Crippen molar-refractivity contribution in [3.8, 4) is 0 Å². The first-order chi connectivity index (χ1) is 46.9. The summed E-state index contributed by atoms with van der Waals surface area (Å²) >= 11 is 0. The number of halogens is 24. The first-order valence-electron chi connectivity index (χ1n) is 26.9. The van der Waals surface area contributed by atoms with Gasteiger partial charge in [-0.3, -0.25) is 4.79 Å². The summed E-state index contributed by atoms with van der Waals surface area (Å²) < 4.78 is 302. The number of ketones is 1. The van der Waals surface area contributed by atoms with E-state index in [0.29, 0.717) is 12.2 Å². The Hall–Kier alpha value is -10.9. The van der Waals surface area contributed by atoms with Crippen LogP contribution in [-0.2, 0) is 41.6 Å². The minimum absolute atomic E-state index is 0.178. The van der Waals surface area contributed by atoms with Crippen LogP contribution in [0.4, 0.5) is 105 Å². The van der Waals surface area contributed by atoms with Gasteiger partial charge in [0.05, 0.1) is 36.0 Å². The van der Waals surface area contributed by atoms with Crippen LogP contribution in [-0.4, -0.2) is 54.1 Å². The molecular formula is C70H58F24O7. The zero-order valence-corrected chi connectivity index (χ0v) is 52.6. The van der Waals surface area contributed by atoms with Crippen LogP contribution in [0.2, 0.25) is 0 Å². The molecule has 0 spiro atoms. The number of allylic oxidation sites excluding steroid dienone is 6. The van der Waals surface area contributed by atoms with E-state index in [1.54, 1.807) is 6.08 Å². The van der Waals surface area contributed by atoms with E-state index in [0.717, 1.165) is 13.3 Å². The van der Waals surface area contributed by atoms with Crippen LogP contribution in [0.25, 0.3) is 24.3 Å². The van der Waals surface area contributed by atoms with E-state index in [1.165, 1.54) is 22.8 Å². The number of carbonyl (C=O) groups excluding carboxylic acids is 7. The molecule has 0 atom stereocenters. The summed E-state index contributed by atoms with van der Waals surface area (Å²) in [4.78, 5) is 59.5. The minimum atomic E-state index is -6.36. The van der Waals surface area contributed by atoms with Gasteiger partial charge in [0.25, 0.3) is 17.8 Å². The molecule has 0 aliphatic rings. The van der Waals surface area contributed by atoms with Crippen LogP contribution in [0.3, 0.4) is 0 Å². The second-order valence-corrected chi connectivity index (χ2v) is 18.1. The summed E-state index contributed by atoms with van der Waals surface area (Å²) in [7, 11) is 0. The summed E-state index contributed by atoms with van der Waals surface area (Å²) in [5, 5.41) is 0. The average molecular weight is 1470 g/mol. The predicted molar refractivity (Wildman–Crippen MR) is 326 cm³/mol. The SMILES string of the molecule is C=C/C=C/C.C=CC(F)(F)CC(F)(F)CC(F)(F)CC(F)(F)C(F)(F)F.C=CCc1c(F)c(F)cc(F)c1F.C=CCc1ccccc1.C=Cc1c(F)c(F)c(C(C)=O)c(F)c1F.C=Cc1c(F)c(F)c(F)c(F)c1F.C=Cc1ccccc1.C=Cc1ccccc1.O=C=O.O=C=O.O=C=O. The summed E-state index contributed by atoms with van der Waals surface area (Å²) in [5.74, 6) is -43.3. The van der Waals surface area contributed by atoms with Gasteiger partial charge >= 0.3 is 30.6 Å². The summed E-state index contributed by atoms with van der Waals surface area (Å²) in [6, 6.07) is 30.5. The molecule has 6 aromatic rings. The number of carbonyl (C=O) groups is 1. The number of alkyl halides is 11. The molecule has 0 aliphatic heterocycles. The van der Waals surface area contributed by atoms with Crippen LogP contribution >= 0.6 is 0 Å². The second kappa shape index (κ2) is 51.3. The molecule has 0 bridgehead atoms. The maximum Gasteiger partial charge on any atom is 0.453 e. The third-order valence-electron chi connectivity index (χ3n) is 10.7. The highest BCUT2D eigenvalue weighted by atomic mass is 19.4. The molecule has 0 saturated heterocycles. The molecule has 6 aromatic carbocycles. The molecule has 7 nitrogen and oxygen atoms in total. The Kier molecular flexibility index (Phi) is 50.2. The van der Waals surface area contributed by atoms with E-state index in [-0.39, 0.29) is 37.0 Å². The van der Waals surface area contributed by atoms with Crippen molar-refractivity contribution in [3.05, 3.63) is 301 Å². The van der Waals surface area contributed by atoms with E-state index in [9.17, 15) is 110 Å². The number of hydrogen-bond acceptors (Lipinski definition) is 7. The smallest absolute Gasteiger partial charge is 0.294 e. The molecule has 6 rings (SSSR count). The zero-order chi connectivity index (χ0) is 79.7. The summed E-state index contributed by atoms with van der Waals surface area (Å²) in [6.45, 7) is 28.8. The molecule has 0 fully saturated rings. The number of Topliss-reactive ketones (excluding diaryl/α,β-unsaturated/α-hetero) is 1. The molecule has 0 saturated carbocycles. The van der Waals surface area contributed by atoms with Crippen molar-refractivity contribution < 1.29 is 139 Å². The van der Waals surface area contributed by atoms with E-state index in [2.05, 4.69) is 64.8 Å². The first kappa shape index (κ1) is 98.8. The Labute approximate surface area is 562 Å². The molecule has 0 N–H and O–H groups in total. The Morgan fingerprint density at radius 3 is 0.990 bits per heavy atom. The van der Waals surface area contributed by atoms with Crippen LogP contribution in [0.15, 0.2) is 186 Å². The molecule has 0 aromatic heterocycles. The van der Waals surface area contributed by atoms with Crippen molar-refractivity contribution >= 4 is 48.5 Å². The molecule has 31 heteroatoms. The van der Waals surface area contributed by atoms with Crippen molar-refractivity contribution in [2.24, 2.45) is 0 Å². The largest absolute Gasteiger partial charge is 0.453 e. The third kappa shape index (κ3) is 39.3. The van der Waals surface area contributed by atoms with Gasteiger partial charge < -0.3 is 0 Å². The quantitative estimate of drug-likeness (QED) is 0.0223. The Bertz CT molecular complexity index is 3570. The molecule has 548 valence electrons. The van der Waals surface area contributed by atoms with Gasteiger partial charge in [-0.05, 0) is 49.5 Å². The molecule has 0 heterocycles. The maximum absolute atomic E-state index is 13.1. The highest BCUT2D eigenvalue weighted by Gasteiger charge is 2.63. The topological polar surface area (TPSA) is 119 Å². The van der Waals surface area contributed by atoms with Crippen LogP contribution < -0.4 is 0 Å². The van der Waals surface area contributed by atoms with Gasteiger partial charge in [-0.15, -0.1) is 13.2 Å². The van der Waals surface area contributed by atoms with Gasteiger partial charge in [0.1, 0.15) is 0 Å². The first-order valence-corrected chi connectivity index (χ1v) is 26.9. The normalized spacial score (nSPS) is 10.1. The van der Waals surface area contributed by atoms with Gasteiger partial charge in [-0.2, -0.15) is 50.7 Å². The Balaban J connectivity index is -0.000000350. The molecular weight excluding hydrogens is 1410 g/mol. The second-order valence-electron chi connectivity index (χ2n) is 18.1. The van der Waals surface area contributed by atoms with Crippen molar-refractivity contribution in [3.63, 3.8) is 0 Å². The number of hydrogen-bond donors (Lipinski definition) is 0. The van der Waals surface area contributed by atoms with E-state index < -0.39 is 153 Å². The molecule has 0 amide bonds. The van der Waals surface area contributed by atoms with Gasteiger partial charge in [0.15, 0.2) is 75.6 Å². The van der Waals surface area contributed by atoms with Gasteiger partial charge in [0.2, 0.25) is 5.82 Å². The van der Waals surface area contributed by atoms with Gasteiger partial charge in [0, 0.05) is 11.6 Å². The maximum atomic E-state index is 13.1. The fraction of sp³-hybridized carbons (Fsp3) is 0.171. The molecule has 0 radical (unpaired) electrons. The highest BCUT2D eigenvalue weighted by Crippen LogP contribution is 2.47. The monoisotopic (exact) mass is 1470 g/mol. The highest BCUT2D eigenvalue weighted by molar-refractivity contribution is 5.95. The zero-order valence-electron chi connectivity index (χ0n) is 52.6. The Morgan fingerprint density at radius 2 is 0.733 bits per heavy atom. The van der Waals surface area contributed by atoms with Gasteiger partial charge in [-0.25, -0.2) is 83.4 Å². The van der Waals surface area contributed by atoms with Crippen molar-refractivity contribution in [1.29, 1.82) is 0 Å². The lowest BCUT2D eigenvalue weighted by molar-refractivity contribution is -0.304. The molecule has 0 aliphatic carbocycles. The van der Waals surface area contributed by atoms with Crippen LogP contribution in [0.1, 0.15) is 76.8 Å². The summed E-state index contributed by atoms with van der Waals surface area (Å²) in [6.07, 6.45) is -0.225. The van der Waals surface area contributed by atoms with Crippen LogP contribution in [0, 0.1) is 75.6 Å². The van der Waals surface area contributed by atoms with Crippen molar-refractivity contribution in [2.75, 3.05) is 0 Å². The minimum Gasteiger partial charge on any atom is -0.294 e. The lowest BCUT2D eigenvalue weighted by atomic mass is 9.98. The number of rotatable bonds is 17. The van der Waals surface area contributed by atoms with Crippen molar-refractivity contribution in [1.82, 2.24) is 0 Å². The lowest BCUT2D eigenvalue weighted by Crippen LogP contribution is -2.44. The van der Waals surface area contributed by atoms with Crippen LogP contribution in [0.5, 0.6) is 0 Å². The standard InChI is InChI=1S/C10H9F11.C10H6F4O.C9H6F4.C9H10.C8H3F5.2C8H8.C5H8.3CO2/c1-2-6(11,12)3-7(13,14)4-8(15,16)5-9(17,18)10(19,20)21;1-3-5-7(11)9(13)6(4(2)15)10(14)8(5)12;1-2-3-5-8(12)6(10)4-7(11)9(5)13;1-2-6-9-7-4-3-5-8-9;1-2-3-4(9)6(11)8(13)7(12)5(3)10;2*1-2-8-6-4-3-5-7-8;1-3-5-4-2;3*2-1-3/h2H,1,3-5H2;3H,1H2,2H3;2,4H,1,3H2;2-5,7-8H,1,6H2;2H,1H2;2*2-7H,1H2;3-5H,1H2,2H3;;;/b;;;;;;;5-4+;;;. The predicted octanol–water partition coefficient (Wildman–Crippen LogP) is 21.6. The molecule has 0 unspecified atom stereocenters. The van der Waals surface area contributed by atoms with E-state index in [1.807, 2.05) is 116 Å². The fourth-order valence-electron chi connectivity index (χ4n) is 6.32. The lowest BCUT2D eigenvalue weighted by Gasteiger charge is -2.28. The average Bonchev–Trinajstić information content (AvgIpc) is 0.814. The van der Waals surface area contributed by atoms with E-state index in [4.69, 9.17) is 28.8 Å². The van der Waals surface area contributed by atoms with E-state index >= 15 is 0 Å².